The van der Waals surface area contributed by atoms with E-state index in [2.05, 4.69) is 9.97 Å². The minimum Gasteiger partial charge on any atom is -0.504 e. The highest BCUT2D eigenvalue weighted by atomic mass is 16.5. The number of hydrogen-bond acceptors (Lipinski definition) is 5. The van der Waals surface area contributed by atoms with Gasteiger partial charge < -0.3 is 15.6 Å². The third-order valence-corrected chi connectivity index (χ3v) is 2.39. The number of ether oxygens (including phenoxy) is 1. The molecule has 0 atom stereocenters. The molecule has 0 radical (unpaired) electrons. The third kappa shape index (κ3) is 2.19. The van der Waals surface area contributed by atoms with Crippen LogP contribution in [0.5, 0.6) is 11.5 Å². The average molecular weight is 231 g/mol. The molecule has 0 aliphatic carbocycles. The Kier molecular flexibility index (Phi) is 3.20. The van der Waals surface area contributed by atoms with Crippen molar-refractivity contribution in [1.82, 2.24) is 9.97 Å². The SMILES string of the molecule is COc1cccc(-c2cncc(CN)n2)c1O. The van der Waals surface area contributed by atoms with Gasteiger partial charge in [0.1, 0.15) is 0 Å². The summed E-state index contributed by atoms with van der Waals surface area (Å²) in [6, 6.07) is 5.21. The Morgan fingerprint density at radius 1 is 1.35 bits per heavy atom. The lowest BCUT2D eigenvalue weighted by Crippen LogP contribution is -2.01. The highest BCUT2D eigenvalue weighted by Gasteiger charge is 2.10. The second-order valence-electron chi connectivity index (χ2n) is 3.46. The maximum absolute atomic E-state index is 9.98. The number of phenolic OH excluding ortho intramolecular Hbond substituents is 1. The van der Waals surface area contributed by atoms with Gasteiger partial charge in [0.15, 0.2) is 11.5 Å². The first kappa shape index (κ1) is 11.3. The summed E-state index contributed by atoms with van der Waals surface area (Å²) in [5, 5.41) is 9.98. The van der Waals surface area contributed by atoms with Crippen LogP contribution in [0, 0.1) is 0 Å². The summed E-state index contributed by atoms with van der Waals surface area (Å²) in [4.78, 5) is 8.33. The van der Waals surface area contributed by atoms with Crippen molar-refractivity contribution in [1.29, 1.82) is 0 Å². The Morgan fingerprint density at radius 3 is 2.88 bits per heavy atom. The standard InChI is InChI=1S/C12H13N3O2/c1-17-11-4-2-3-9(12(11)16)10-7-14-6-8(5-13)15-10/h2-4,6-7,16H,5,13H2,1H3. The van der Waals surface area contributed by atoms with Crippen molar-refractivity contribution in [2.45, 2.75) is 6.54 Å². The van der Waals surface area contributed by atoms with Gasteiger partial charge in [-0.2, -0.15) is 0 Å². The summed E-state index contributed by atoms with van der Waals surface area (Å²) >= 11 is 0. The zero-order valence-electron chi connectivity index (χ0n) is 9.42. The molecule has 0 unspecified atom stereocenters. The predicted molar refractivity (Wildman–Crippen MR) is 63.6 cm³/mol. The molecule has 1 heterocycles. The Morgan fingerprint density at radius 2 is 2.18 bits per heavy atom. The number of methoxy groups -OCH3 is 1. The monoisotopic (exact) mass is 231 g/mol. The maximum Gasteiger partial charge on any atom is 0.167 e. The number of rotatable bonds is 3. The first-order valence-corrected chi connectivity index (χ1v) is 5.13. The van der Waals surface area contributed by atoms with Gasteiger partial charge in [-0.15, -0.1) is 0 Å². The summed E-state index contributed by atoms with van der Waals surface area (Å²) < 4.78 is 5.04. The van der Waals surface area contributed by atoms with E-state index in [1.807, 2.05) is 0 Å². The highest BCUT2D eigenvalue weighted by molar-refractivity contribution is 5.69. The van der Waals surface area contributed by atoms with E-state index >= 15 is 0 Å². The lowest BCUT2D eigenvalue weighted by Gasteiger charge is -2.08. The molecule has 88 valence electrons. The van der Waals surface area contributed by atoms with Gasteiger partial charge in [0, 0.05) is 18.3 Å². The van der Waals surface area contributed by atoms with Gasteiger partial charge in [-0.1, -0.05) is 6.07 Å². The lowest BCUT2D eigenvalue weighted by atomic mass is 10.1. The molecule has 0 bridgehead atoms. The molecule has 0 saturated heterocycles. The van der Waals surface area contributed by atoms with E-state index in [-0.39, 0.29) is 5.75 Å². The van der Waals surface area contributed by atoms with Crippen LogP contribution >= 0.6 is 0 Å². The molecule has 3 N–H and O–H groups in total. The van der Waals surface area contributed by atoms with Crippen molar-refractivity contribution in [3.8, 4) is 22.8 Å². The quantitative estimate of drug-likeness (QED) is 0.832. The summed E-state index contributed by atoms with van der Waals surface area (Å²) in [5.41, 5.74) is 7.32. The van der Waals surface area contributed by atoms with E-state index in [1.165, 1.54) is 7.11 Å². The molecule has 1 aromatic heterocycles. The van der Waals surface area contributed by atoms with Gasteiger partial charge in [0.25, 0.3) is 0 Å². The molecule has 2 aromatic rings. The zero-order chi connectivity index (χ0) is 12.3. The van der Waals surface area contributed by atoms with Crippen LogP contribution in [-0.4, -0.2) is 22.2 Å². The van der Waals surface area contributed by atoms with Crippen LogP contribution < -0.4 is 10.5 Å². The van der Waals surface area contributed by atoms with Crippen molar-refractivity contribution in [2.75, 3.05) is 7.11 Å². The van der Waals surface area contributed by atoms with Crippen LogP contribution in [0.15, 0.2) is 30.6 Å². The molecule has 0 aliphatic heterocycles. The predicted octanol–water partition coefficient (Wildman–Crippen LogP) is 1.32. The summed E-state index contributed by atoms with van der Waals surface area (Å²) in [6.45, 7) is 0.311. The minimum absolute atomic E-state index is 0.0541. The number of para-hydroxylation sites is 1. The van der Waals surface area contributed by atoms with E-state index in [1.54, 1.807) is 30.6 Å². The molecule has 0 fully saturated rings. The molecule has 0 saturated carbocycles. The fourth-order valence-corrected chi connectivity index (χ4v) is 1.53. The van der Waals surface area contributed by atoms with E-state index in [4.69, 9.17) is 10.5 Å². The van der Waals surface area contributed by atoms with Gasteiger partial charge in [-0.25, -0.2) is 4.98 Å². The zero-order valence-corrected chi connectivity index (χ0v) is 9.42. The molecule has 0 aliphatic rings. The number of phenols is 1. The molecule has 17 heavy (non-hydrogen) atoms. The number of aromatic nitrogens is 2. The van der Waals surface area contributed by atoms with Gasteiger partial charge in [0.05, 0.1) is 24.7 Å². The molecule has 0 spiro atoms. The number of benzene rings is 1. The van der Waals surface area contributed by atoms with Gasteiger partial charge in [-0.05, 0) is 12.1 Å². The van der Waals surface area contributed by atoms with Gasteiger partial charge >= 0.3 is 0 Å². The molecule has 1 aromatic carbocycles. The number of nitrogens with two attached hydrogens (primary N) is 1. The van der Waals surface area contributed by atoms with Crippen molar-refractivity contribution in [2.24, 2.45) is 5.73 Å². The largest absolute Gasteiger partial charge is 0.504 e. The van der Waals surface area contributed by atoms with Crippen molar-refractivity contribution in [3.63, 3.8) is 0 Å². The summed E-state index contributed by atoms with van der Waals surface area (Å²) in [7, 11) is 1.50. The highest BCUT2D eigenvalue weighted by Crippen LogP contribution is 2.35. The maximum atomic E-state index is 9.98. The van der Waals surface area contributed by atoms with E-state index in [0.717, 1.165) is 0 Å². The normalized spacial score (nSPS) is 10.2. The van der Waals surface area contributed by atoms with Crippen LogP contribution in [-0.2, 0) is 6.54 Å². The first-order valence-electron chi connectivity index (χ1n) is 5.13. The topological polar surface area (TPSA) is 81.3 Å². The second kappa shape index (κ2) is 4.80. The summed E-state index contributed by atoms with van der Waals surface area (Å²) in [6.07, 6.45) is 3.17. The van der Waals surface area contributed by atoms with Crippen molar-refractivity contribution < 1.29 is 9.84 Å². The molecule has 5 heteroatoms. The van der Waals surface area contributed by atoms with Crippen LogP contribution in [0.1, 0.15) is 5.69 Å². The minimum atomic E-state index is 0.0541. The number of hydrogen-bond donors (Lipinski definition) is 2. The molecule has 5 nitrogen and oxygen atoms in total. The van der Waals surface area contributed by atoms with E-state index < -0.39 is 0 Å². The fraction of sp³-hybridized carbons (Fsp3) is 0.167. The van der Waals surface area contributed by atoms with Crippen LogP contribution in [0.3, 0.4) is 0 Å². The van der Waals surface area contributed by atoms with Gasteiger partial charge in [-0.3, -0.25) is 4.98 Å². The Hall–Kier alpha value is -2.14. The third-order valence-electron chi connectivity index (χ3n) is 2.39. The fourth-order valence-electron chi connectivity index (χ4n) is 1.53. The number of aromatic hydroxyl groups is 1. The van der Waals surface area contributed by atoms with E-state index in [9.17, 15) is 5.11 Å². The van der Waals surface area contributed by atoms with Crippen LogP contribution in [0.25, 0.3) is 11.3 Å². The molecule has 2 rings (SSSR count). The molecular weight excluding hydrogens is 218 g/mol. The average Bonchev–Trinajstić information content (AvgIpc) is 2.39. The van der Waals surface area contributed by atoms with Crippen molar-refractivity contribution in [3.05, 3.63) is 36.3 Å². The Balaban J connectivity index is 2.52. The first-order chi connectivity index (χ1) is 8.26. The van der Waals surface area contributed by atoms with Crippen LogP contribution in [0.4, 0.5) is 0 Å². The molecular formula is C12H13N3O2. The van der Waals surface area contributed by atoms with Gasteiger partial charge in [0.2, 0.25) is 0 Å². The van der Waals surface area contributed by atoms with E-state index in [0.29, 0.717) is 29.2 Å². The van der Waals surface area contributed by atoms with Crippen LogP contribution in [0.2, 0.25) is 0 Å². The molecule has 0 amide bonds. The number of nitrogens with zero attached hydrogens (tertiary/aromatic N) is 2. The smallest absolute Gasteiger partial charge is 0.167 e. The second-order valence-corrected chi connectivity index (χ2v) is 3.46. The summed E-state index contributed by atoms with van der Waals surface area (Å²) in [5.74, 6) is 0.459. The van der Waals surface area contributed by atoms with Crippen molar-refractivity contribution >= 4 is 0 Å². The Labute approximate surface area is 98.9 Å². The Bertz CT molecular complexity index is 529. The lowest BCUT2D eigenvalue weighted by molar-refractivity contribution is 0.374.